The van der Waals surface area contributed by atoms with Crippen molar-refractivity contribution in [2.24, 2.45) is 4.99 Å². The van der Waals surface area contributed by atoms with Crippen molar-refractivity contribution >= 4 is 35.2 Å². The highest BCUT2D eigenvalue weighted by Crippen LogP contribution is 2.42. The summed E-state index contributed by atoms with van der Waals surface area (Å²) in [6.07, 6.45) is 3.05. The largest absolute Gasteiger partial charge is 0.484 e. The Kier molecular flexibility index (Phi) is 8.20. The molecule has 0 bridgehead atoms. The zero-order valence-corrected chi connectivity index (χ0v) is 22.8. The van der Waals surface area contributed by atoms with E-state index in [0.717, 1.165) is 18.9 Å². The lowest BCUT2D eigenvalue weighted by molar-refractivity contribution is -0.122. The third-order valence-corrected chi connectivity index (χ3v) is 7.03. The highest BCUT2D eigenvalue weighted by Gasteiger charge is 2.33. The molecule has 1 fully saturated rings. The standard InChI is InChI=1S/C28H27ClF2N6O4/c1-32-24(38)14-41-19-6-7-23(21(29)11-19)35-27-34-15-36(13-18-3-2-8-33-26(18)39)28(40)37(27)12-16-9-20(17-4-5-17)25(31)22(30)10-16/h2-3,6-11,17H,4-5,12-15H2,1H3,(H,32,38)(H,33,39)(H,34,35). The van der Waals surface area contributed by atoms with Crippen molar-refractivity contribution in [1.82, 2.24) is 20.1 Å². The number of hydrogen-bond donors (Lipinski definition) is 3. The molecule has 1 aliphatic carbocycles. The Balaban J connectivity index is 1.42. The number of benzene rings is 2. The summed E-state index contributed by atoms with van der Waals surface area (Å²) in [6.45, 7) is -0.381. The Hall–Kier alpha value is -4.45. The molecule has 0 atom stereocenters. The minimum Gasteiger partial charge on any atom is -0.484 e. The summed E-state index contributed by atoms with van der Waals surface area (Å²) in [5, 5.41) is 5.74. The number of H-pyrrole nitrogens is 1. The number of rotatable bonds is 9. The molecule has 214 valence electrons. The second kappa shape index (κ2) is 12.0. The molecule has 0 radical (unpaired) electrons. The van der Waals surface area contributed by atoms with Crippen molar-refractivity contribution in [2.75, 3.05) is 25.6 Å². The zero-order chi connectivity index (χ0) is 29.1. The Morgan fingerprint density at radius 2 is 1.98 bits per heavy atom. The molecular formula is C28H27ClF2N6O4. The van der Waals surface area contributed by atoms with Crippen LogP contribution in [0.5, 0.6) is 5.75 Å². The summed E-state index contributed by atoms with van der Waals surface area (Å²) in [7, 11) is 1.50. The second-order valence-electron chi connectivity index (χ2n) is 9.70. The molecule has 3 aromatic rings. The summed E-state index contributed by atoms with van der Waals surface area (Å²) in [5.74, 6) is -1.72. The van der Waals surface area contributed by atoms with E-state index in [2.05, 4.69) is 20.6 Å². The maximum absolute atomic E-state index is 14.5. The number of ether oxygens (including phenoxy) is 1. The van der Waals surface area contributed by atoms with Gasteiger partial charge in [0.25, 0.3) is 11.5 Å². The van der Waals surface area contributed by atoms with E-state index >= 15 is 0 Å². The fourth-order valence-electron chi connectivity index (χ4n) is 4.38. The van der Waals surface area contributed by atoms with E-state index in [1.807, 2.05) is 0 Å². The van der Waals surface area contributed by atoms with Gasteiger partial charge in [-0.3, -0.25) is 14.5 Å². The quantitative estimate of drug-likeness (QED) is 0.349. The van der Waals surface area contributed by atoms with Gasteiger partial charge in [-0.15, -0.1) is 0 Å². The predicted octanol–water partition coefficient (Wildman–Crippen LogP) is 4.17. The molecule has 3 amide bonds. The van der Waals surface area contributed by atoms with Gasteiger partial charge in [-0.25, -0.2) is 18.6 Å². The van der Waals surface area contributed by atoms with E-state index in [0.29, 0.717) is 28.1 Å². The number of pyridine rings is 1. The Morgan fingerprint density at radius 3 is 2.68 bits per heavy atom. The second-order valence-corrected chi connectivity index (χ2v) is 10.1. The average molecular weight is 585 g/mol. The van der Waals surface area contributed by atoms with Crippen molar-refractivity contribution in [3.8, 4) is 5.75 Å². The molecule has 2 aromatic carbocycles. The van der Waals surface area contributed by atoms with Crippen LogP contribution in [0.3, 0.4) is 0 Å². The first kappa shape index (κ1) is 28.1. The molecule has 2 aliphatic rings. The number of guanidine groups is 1. The van der Waals surface area contributed by atoms with Gasteiger partial charge in [0.1, 0.15) is 12.4 Å². The third kappa shape index (κ3) is 6.49. The third-order valence-electron chi connectivity index (χ3n) is 6.72. The van der Waals surface area contributed by atoms with Gasteiger partial charge in [0, 0.05) is 24.9 Å². The Labute approximate surface area is 239 Å². The minimum absolute atomic E-state index is 0.00841. The van der Waals surface area contributed by atoms with Gasteiger partial charge in [0.15, 0.2) is 18.2 Å². The summed E-state index contributed by atoms with van der Waals surface area (Å²) in [5.41, 5.74) is 1.11. The number of carbonyl (C=O) groups is 2. The first-order chi connectivity index (χ1) is 19.7. The summed E-state index contributed by atoms with van der Waals surface area (Å²) >= 11 is 6.45. The van der Waals surface area contributed by atoms with Gasteiger partial charge in [0.2, 0.25) is 5.96 Å². The van der Waals surface area contributed by atoms with Crippen LogP contribution >= 0.6 is 11.6 Å². The number of aromatic amines is 1. The molecule has 1 aromatic heterocycles. The van der Waals surface area contributed by atoms with Crippen LogP contribution in [0.25, 0.3) is 0 Å². The molecular weight excluding hydrogens is 558 g/mol. The number of amides is 3. The molecule has 1 saturated carbocycles. The van der Waals surface area contributed by atoms with Crippen LogP contribution in [0.2, 0.25) is 5.02 Å². The van der Waals surface area contributed by atoms with E-state index in [9.17, 15) is 23.2 Å². The van der Waals surface area contributed by atoms with Crippen LogP contribution in [0.1, 0.15) is 35.4 Å². The molecule has 0 saturated heterocycles. The van der Waals surface area contributed by atoms with Crippen molar-refractivity contribution < 1.29 is 23.1 Å². The number of nitrogens with zero attached hydrogens (tertiary/aromatic N) is 3. The van der Waals surface area contributed by atoms with Crippen molar-refractivity contribution in [3.63, 3.8) is 0 Å². The lowest BCUT2D eigenvalue weighted by Gasteiger charge is -2.35. The summed E-state index contributed by atoms with van der Waals surface area (Å²) < 4.78 is 34.4. The molecule has 10 nitrogen and oxygen atoms in total. The van der Waals surface area contributed by atoms with Crippen molar-refractivity contribution in [3.05, 3.63) is 92.4 Å². The fourth-order valence-corrected chi connectivity index (χ4v) is 4.59. The Morgan fingerprint density at radius 1 is 1.17 bits per heavy atom. The lowest BCUT2D eigenvalue weighted by Crippen LogP contribution is -2.52. The highest BCUT2D eigenvalue weighted by atomic mass is 35.5. The maximum Gasteiger partial charge on any atom is 0.328 e. The predicted molar refractivity (Wildman–Crippen MR) is 149 cm³/mol. The van der Waals surface area contributed by atoms with Gasteiger partial charge in [-0.2, -0.15) is 0 Å². The van der Waals surface area contributed by atoms with Gasteiger partial charge >= 0.3 is 6.03 Å². The number of aliphatic imine (C=N–C) groups is 1. The number of aromatic nitrogens is 1. The molecule has 0 spiro atoms. The highest BCUT2D eigenvalue weighted by molar-refractivity contribution is 6.34. The SMILES string of the molecule is CNC(=O)COc1ccc(NC2=NCN(Cc3ccc[nH]c3=O)C(=O)N2Cc2cc(F)c(F)c(C3CC3)c2)c(Cl)c1. The van der Waals surface area contributed by atoms with Gasteiger partial charge in [0.05, 0.1) is 23.8 Å². The first-order valence-corrected chi connectivity index (χ1v) is 13.3. The number of carbonyl (C=O) groups excluding carboxylic acids is 2. The summed E-state index contributed by atoms with van der Waals surface area (Å²) in [4.78, 5) is 47.2. The first-order valence-electron chi connectivity index (χ1n) is 12.9. The van der Waals surface area contributed by atoms with E-state index in [1.54, 1.807) is 30.3 Å². The molecule has 2 heterocycles. The number of anilines is 1. The van der Waals surface area contributed by atoms with Crippen molar-refractivity contribution in [2.45, 2.75) is 31.8 Å². The van der Waals surface area contributed by atoms with Crippen LogP contribution in [0.4, 0.5) is 19.3 Å². The van der Waals surface area contributed by atoms with Crippen LogP contribution in [-0.2, 0) is 17.9 Å². The molecule has 13 heteroatoms. The summed E-state index contributed by atoms with van der Waals surface area (Å²) in [6, 6.07) is 10.1. The number of urea groups is 1. The van der Waals surface area contributed by atoms with Crippen LogP contribution < -0.4 is 20.9 Å². The molecule has 5 rings (SSSR count). The normalized spacial score (nSPS) is 15.0. The average Bonchev–Trinajstić information content (AvgIpc) is 3.80. The van der Waals surface area contributed by atoms with Gasteiger partial charge in [-0.05, 0) is 54.2 Å². The van der Waals surface area contributed by atoms with Gasteiger partial charge in [-0.1, -0.05) is 23.7 Å². The van der Waals surface area contributed by atoms with Gasteiger partial charge < -0.3 is 25.3 Å². The fraction of sp³-hybridized carbons (Fsp3) is 0.286. The molecule has 0 unspecified atom stereocenters. The molecule has 3 N–H and O–H groups in total. The Bertz CT molecular complexity index is 1580. The minimum atomic E-state index is -0.983. The number of nitrogens with one attached hydrogen (secondary N) is 3. The van der Waals surface area contributed by atoms with E-state index in [4.69, 9.17) is 16.3 Å². The van der Waals surface area contributed by atoms with E-state index in [-0.39, 0.29) is 54.7 Å². The van der Waals surface area contributed by atoms with Crippen molar-refractivity contribution in [1.29, 1.82) is 0 Å². The van der Waals surface area contributed by atoms with Crippen LogP contribution in [-0.4, -0.2) is 53.0 Å². The van der Waals surface area contributed by atoms with Crippen LogP contribution in [0.15, 0.2) is 58.4 Å². The topological polar surface area (TPSA) is 119 Å². The molecule has 41 heavy (non-hydrogen) atoms. The monoisotopic (exact) mass is 584 g/mol. The molecule has 1 aliphatic heterocycles. The lowest BCUT2D eigenvalue weighted by atomic mass is 10.1. The number of likely N-dealkylation sites (N-methyl/N-ethyl adjacent to an activating group) is 1. The smallest absolute Gasteiger partial charge is 0.328 e. The maximum atomic E-state index is 14.5. The van der Waals surface area contributed by atoms with E-state index in [1.165, 1.54) is 29.1 Å². The van der Waals surface area contributed by atoms with Crippen LogP contribution in [0, 0.1) is 11.6 Å². The number of halogens is 3. The number of hydrogen-bond acceptors (Lipinski definition) is 6. The zero-order valence-electron chi connectivity index (χ0n) is 22.0. The van der Waals surface area contributed by atoms with E-state index < -0.39 is 17.7 Å².